The molecule has 2 heteroatoms. The Bertz CT molecular complexity index is 601. The van der Waals surface area contributed by atoms with Crippen LogP contribution in [0.5, 0.6) is 0 Å². The number of rotatable bonds is 2. The van der Waals surface area contributed by atoms with Gasteiger partial charge in [-0.25, -0.2) is 0 Å². The Labute approximate surface area is 112 Å². The summed E-state index contributed by atoms with van der Waals surface area (Å²) in [7, 11) is 0. The second-order valence-electron chi connectivity index (χ2n) is 4.09. The van der Waals surface area contributed by atoms with E-state index in [-0.39, 0.29) is 0 Å². The zero-order valence-electron chi connectivity index (χ0n) is 10.0. The first-order valence-electron chi connectivity index (χ1n) is 5.63. The van der Waals surface area contributed by atoms with Gasteiger partial charge in [0.15, 0.2) is 0 Å². The summed E-state index contributed by atoms with van der Waals surface area (Å²) in [6.45, 7) is 2.04. The molecule has 0 aliphatic carbocycles. The first-order chi connectivity index (χ1) is 8.69. The fourth-order valence-electron chi connectivity index (χ4n) is 1.64. The van der Waals surface area contributed by atoms with E-state index in [4.69, 9.17) is 11.6 Å². The predicted molar refractivity (Wildman–Crippen MR) is 76.1 cm³/mol. The number of hydrogen-bond donors (Lipinski definition) is 0. The van der Waals surface area contributed by atoms with Crippen molar-refractivity contribution in [3.63, 3.8) is 0 Å². The molecule has 0 atom stereocenters. The molecule has 18 heavy (non-hydrogen) atoms. The van der Waals surface area contributed by atoms with E-state index in [1.807, 2.05) is 49.4 Å². The van der Waals surface area contributed by atoms with E-state index in [0.717, 1.165) is 11.1 Å². The largest absolute Gasteiger partial charge is 0.192 e. The van der Waals surface area contributed by atoms with Crippen LogP contribution in [0.15, 0.2) is 48.5 Å². The number of nitrogens with zero attached hydrogens (tertiary/aromatic N) is 1. The van der Waals surface area contributed by atoms with Crippen LogP contribution in [0.25, 0.3) is 11.6 Å². The normalized spacial score (nSPS) is 11.1. The van der Waals surface area contributed by atoms with Gasteiger partial charge in [0.25, 0.3) is 0 Å². The molecule has 0 aliphatic heterocycles. The van der Waals surface area contributed by atoms with Crippen molar-refractivity contribution in [3.8, 4) is 6.07 Å². The molecule has 0 radical (unpaired) electrons. The molecule has 2 rings (SSSR count). The van der Waals surface area contributed by atoms with Crippen LogP contribution in [-0.4, -0.2) is 0 Å². The molecule has 0 heterocycles. The third-order valence-corrected chi connectivity index (χ3v) is 2.92. The van der Waals surface area contributed by atoms with Gasteiger partial charge in [-0.15, -0.1) is 0 Å². The monoisotopic (exact) mass is 253 g/mol. The van der Waals surface area contributed by atoms with Gasteiger partial charge >= 0.3 is 0 Å². The molecule has 0 saturated heterocycles. The van der Waals surface area contributed by atoms with Crippen molar-refractivity contribution < 1.29 is 0 Å². The molecule has 2 aromatic carbocycles. The number of aryl methyl sites for hydroxylation is 1. The van der Waals surface area contributed by atoms with Crippen LogP contribution in [0.4, 0.5) is 0 Å². The van der Waals surface area contributed by atoms with Crippen LogP contribution in [0.3, 0.4) is 0 Å². The van der Waals surface area contributed by atoms with Crippen molar-refractivity contribution in [1.29, 1.82) is 5.26 Å². The van der Waals surface area contributed by atoms with Crippen molar-refractivity contribution in [2.24, 2.45) is 0 Å². The van der Waals surface area contributed by atoms with Gasteiger partial charge in [0, 0.05) is 5.02 Å². The maximum Gasteiger partial charge on any atom is 0.0998 e. The summed E-state index contributed by atoms with van der Waals surface area (Å²) in [5.41, 5.74) is 3.74. The molecule has 0 unspecified atom stereocenters. The zero-order valence-corrected chi connectivity index (χ0v) is 10.8. The fraction of sp³-hybridized carbons (Fsp3) is 0.0625. The Hall–Kier alpha value is -2.04. The van der Waals surface area contributed by atoms with E-state index in [1.165, 1.54) is 5.56 Å². The van der Waals surface area contributed by atoms with E-state index < -0.39 is 0 Å². The quantitative estimate of drug-likeness (QED) is 0.562. The molecule has 0 fully saturated rings. The van der Waals surface area contributed by atoms with Gasteiger partial charge in [-0.05, 0) is 36.3 Å². The summed E-state index contributed by atoms with van der Waals surface area (Å²) < 4.78 is 0. The number of hydrogen-bond acceptors (Lipinski definition) is 1. The molecule has 0 bridgehead atoms. The lowest BCUT2D eigenvalue weighted by atomic mass is 10.0. The smallest absolute Gasteiger partial charge is 0.0998 e. The molecule has 88 valence electrons. The van der Waals surface area contributed by atoms with Crippen LogP contribution in [-0.2, 0) is 0 Å². The first kappa shape index (κ1) is 12.4. The van der Waals surface area contributed by atoms with Crippen molar-refractivity contribution in [2.45, 2.75) is 6.92 Å². The minimum atomic E-state index is 0.635. The molecule has 1 nitrogen and oxygen atoms in total. The van der Waals surface area contributed by atoms with Gasteiger partial charge in [0.1, 0.15) is 0 Å². The van der Waals surface area contributed by atoms with Crippen molar-refractivity contribution in [1.82, 2.24) is 0 Å². The second-order valence-corrected chi connectivity index (χ2v) is 4.52. The average molecular weight is 254 g/mol. The van der Waals surface area contributed by atoms with Crippen molar-refractivity contribution in [3.05, 3.63) is 70.2 Å². The SMILES string of the molecule is Cc1ccc(C=C(C#N)c2ccc(Cl)cc2)cc1. The van der Waals surface area contributed by atoms with Gasteiger partial charge in [-0.1, -0.05) is 53.6 Å². The lowest BCUT2D eigenvalue weighted by Gasteiger charge is -2.00. The van der Waals surface area contributed by atoms with Crippen LogP contribution in [0.2, 0.25) is 5.02 Å². The summed E-state index contributed by atoms with van der Waals surface area (Å²) in [6.07, 6.45) is 1.88. The maximum absolute atomic E-state index is 9.21. The summed E-state index contributed by atoms with van der Waals surface area (Å²) in [4.78, 5) is 0. The molecule has 0 amide bonds. The predicted octanol–water partition coefficient (Wildman–Crippen LogP) is 4.71. The van der Waals surface area contributed by atoms with E-state index >= 15 is 0 Å². The Kier molecular flexibility index (Phi) is 3.82. The lowest BCUT2D eigenvalue weighted by molar-refractivity contribution is 1.46. The van der Waals surface area contributed by atoms with E-state index in [2.05, 4.69) is 6.07 Å². The number of nitriles is 1. The van der Waals surface area contributed by atoms with E-state index in [9.17, 15) is 5.26 Å². The topological polar surface area (TPSA) is 23.8 Å². The van der Waals surface area contributed by atoms with Gasteiger partial charge in [0.05, 0.1) is 11.6 Å². The Morgan fingerprint density at radius 2 is 1.67 bits per heavy atom. The molecule has 2 aromatic rings. The molecular formula is C16H12ClN. The Balaban J connectivity index is 2.37. The molecule has 0 N–H and O–H groups in total. The summed E-state index contributed by atoms with van der Waals surface area (Å²) >= 11 is 5.83. The summed E-state index contributed by atoms with van der Waals surface area (Å²) in [5.74, 6) is 0. The molecule has 0 spiro atoms. The van der Waals surface area contributed by atoms with Crippen LogP contribution < -0.4 is 0 Å². The molecule has 0 aliphatic rings. The zero-order chi connectivity index (χ0) is 13.0. The highest BCUT2D eigenvalue weighted by molar-refractivity contribution is 6.30. The molecular weight excluding hydrogens is 242 g/mol. The van der Waals surface area contributed by atoms with Gasteiger partial charge in [-0.3, -0.25) is 0 Å². The van der Waals surface area contributed by atoms with Gasteiger partial charge in [-0.2, -0.15) is 5.26 Å². The maximum atomic E-state index is 9.21. The highest BCUT2D eigenvalue weighted by Crippen LogP contribution is 2.20. The summed E-state index contributed by atoms with van der Waals surface area (Å²) in [6, 6.07) is 17.6. The second kappa shape index (κ2) is 5.53. The number of benzene rings is 2. The highest BCUT2D eigenvalue weighted by Gasteiger charge is 2.00. The average Bonchev–Trinajstić information content (AvgIpc) is 2.39. The Morgan fingerprint density at radius 1 is 1.06 bits per heavy atom. The third-order valence-electron chi connectivity index (χ3n) is 2.66. The fourth-order valence-corrected chi connectivity index (χ4v) is 1.76. The van der Waals surface area contributed by atoms with E-state index in [0.29, 0.717) is 10.6 Å². The van der Waals surface area contributed by atoms with Crippen molar-refractivity contribution in [2.75, 3.05) is 0 Å². The first-order valence-corrected chi connectivity index (χ1v) is 6.01. The van der Waals surface area contributed by atoms with Gasteiger partial charge < -0.3 is 0 Å². The van der Waals surface area contributed by atoms with Crippen LogP contribution in [0, 0.1) is 18.3 Å². The Morgan fingerprint density at radius 3 is 2.22 bits per heavy atom. The number of halogens is 1. The van der Waals surface area contributed by atoms with Crippen molar-refractivity contribution >= 4 is 23.3 Å². The molecule has 0 aromatic heterocycles. The van der Waals surface area contributed by atoms with Gasteiger partial charge in [0.2, 0.25) is 0 Å². The number of allylic oxidation sites excluding steroid dienone is 1. The molecule has 0 saturated carbocycles. The van der Waals surface area contributed by atoms with Crippen LogP contribution >= 0.6 is 11.6 Å². The van der Waals surface area contributed by atoms with E-state index in [1.54, 1.807) is 12.1 Å². The lowest BCUT2D eigenvalue weighted by Crippen LogP contribution is -1.82. The van der Waals surface area contributed by atoms with Crippen LogP contribution in [0.1, 0.15) is 16.7 Å². The summed E-state index contributed by atoms with van der Waals surface area (Å²) in [5, 5.41) is 9.89. The highest BCUT2D eigenvalue weighted by atomic mass is 35.5. The third kappa shape index (κ3) is 3.00. The minimum absolute atomic E-state index is 0.635. The minimum Gasteiger partial charge on any atom is -0.192 e. The standard InChI is InChI=1S/C16H12ClN/c1-12-2-4-13(5-3-12)10-15(11-18)14-6-8-16(17)9-7-14/h2-10H,1H3.